The van der Waals surface area contributed by atoms with Gasteiger partial charge in [0.2, 0.25) is 0 Å². The van der Waals surface area contributed by atoms with Gasteiger partial charge >= 0.3 is 0 Å². The van der Waals surface area contributed by atoms with Gasteiger partial charge in [0.05, 0.1) is 0 Å². The van der Waals surface area contributed by atoms with Crippen LogP contribution < -0.4 is 0 Å². The van der Waals surface area contributed by atoms with E-state index in [1.165, 1.54) is 6.42 Å². The lowest BCUT2D eigenvalue weighted by atomic mass is 10.1. The largest absolute Gasteiger partial charge is 0.334 e. The normalized spacial score (nSPS) is 16.9. The van der Waals surface area contributed by atoms with E-state index in [9.17, 15) is 4.79 Å². The minimum atomic E-state index is -0.0273. The van der Waals surface area contributed by atoms with Crippen LogP contribution in [0.1, 0.15) is 35.9 Å². The van der Waals surface area contributed by atoms with Crippen LogP contribution in [0.15, 0.2) is 30.3 Å². The minimum absolute atomic E-state index is 0.0273. The summed E-state index contributed by atoms with van der Waals surface area (Å²) >= 11 is 6.01. The van der Waals surface area contributed by atoms with Gasteiger partial charge < -0.3 is 9.80 Å². The fourth-order valence-corrected chi connectivity index (χ4v) is 4.06. The van der Waals surface area contributed by atoms with Crippen molar-refractivity contribution < 1.29 is 4.79 Å². The van der Waals surface area contributed by atoms with E-state index in [2.05, 4.69) is 26.7 Å². The minimum Gasteiger partial charge on any atom is -0.334 e. The fraction of sp³-hybridized carbons (Fsp3) is 0.522. The maximum Gasteiger partial charge on any atom is 0.272 e. The van der Waals surface area contributed by atoms with E-state index in [1.807, 2.05) is 50.2 Å². The first-order chi connectivity index (χ1) is 14.4. The standard InChI is InChI=1S/C23H32ClN5O/c1-5-28-12-6-7-20(28)16-29(14-13-27(3)4)23(30)21-15-17(2)25-22(26-21)18-8-10-19(24)11-9-18/h8-11,15,20H,5-7,12-14,16H2,1-4H3. The van der Waals surface area contributed by atoms with Crippen molar-refractivity contribution in [2.75, 3.05) is 46.8 Å². The van der Waals surface area contributed by atoms with E-state index in [0.29, 0.717) is 29.1 Å². The summed E-state index contributed by atoms with van der Waals surface area (Å²) in [6, 6.07) is 9.59. The highest BCUT2D eigenvalue weighted by atomic mass is 35.5. The zero-order valence-corrected chi connectivity index (χ0v) is 19.2. The highest BCUT2D eigenvalue weighted by Crippen LogP contribution is 2.21. The highest BCUT2D eigenvalue weighted by molar-refractivity contribution is 6.30. The second-order valence-corrected chi connectivity index (χ2v) is 8.64. The Balaban J connectivity index is 1.86. The summed E-state index contributed by atoms with van der Waals surface area (Å²) in [6.45, 7) is 8.46. The molecule has 2 heterocycles. The lowest BCUT2D eigenvalue weighted by Crippen LogP contribution is -2.45. The van der Waals surface area contributed by atoms with E-state index in [1.54, 1.807) is 6.07 Å². The molecule has 2 aromatic rings. The van der Waals surface area contributed by atoms with Crippen molar-refractivity contribution >= 4 is 17.5 Å². The Morgan fingerprint density at radius 1 is 1.20 bits per heavy atom. The molecular formula is C23H32ClN5O. The van der Waals surface area contributed by atoms with Crippen molar-refractivity contribution in [1.82, 2.24) is 24.7 Å². The van der Waals surface area contributed by atoms with Gasteiger partial charge in [0, 0.05) is 42.0 Å². The molecule has 1 aromatic carbocycles. The summed E-state index contributed by atoms with van der Waals surface area (Å²) in [6.07, 6.45) is 2.33. The molecule has 7 heteroatoms. The molecule has 0 saturated carbocycles. The van der Waals surface area contributed by atoms with Gasteiger partial charge in [-0.15, -0.1) is 0 Å². The molecule has 1 aromatic heterocycles. The van der Waals surface area contributed by atoms with Crippen molar-refractivity contribution in [3.63, 3.8) is 0 Å². The molecule has 1 unspecified atom stereocenters. The monoisotopic (exact) mass is 429 g/mol. The summed E-state index contributed by atoms with van der Waals surface area (Å²) in [5, 5.41) is 0.662. The van der Waals surface area contributed by atoms with Crippen LogP contribution in [0.4, 0.5) is 0 Å². The van der Waals surface area contributed by atoms with Crippen molar-refractivity contribution in [3.05, 3.63) is 46.7 Å². The molecule has 0 aliphatic carbocycles. The van der Waals surface area contributed by atoms with E-state index in [-0.39, 0.29) is 5.91 Å². The third-order valence-corrected chi connectivity index (χ3v) is 5.87. The number of halogens is 1. The smallest absolute Gasteiger partial charge is 0.272 e. The zero-order valence-electron chi connectivity index (χ0n) is 18.4. The van der Waals surface area contributed by atoms with Crippen LogP contribution in [0, 0.1) is 6.92 Å². The number of aromatic nitrogens is 2. The number of nitrogens with zero attached hydrogens (tertiary/aromatic N) is 5. The summed E-state index contributed by atoms with van der Waals surface area (Å²) < 4.78 is 0. The van der Waals surface area contributed by atoms with Crippen molar-refractivity contribution in [1.29, 1.82) is 0 Å². The third-order valence-electron chi connectivity index (χ3n) is 5.62. The second-order valence-electron chi connectivity index (χ2n) is 8.20. The molecular weight excluding hydrogens is 398 g/mol. The lowest BCUT2D eigenvalue weighted by Gasteiger charge is -2.31. The lowest BCUT2D eigenvalue weighted by molar-refractivity contribution is 0.0688. The topological polar surface area (TPSA) is 52.6 Å². The summed E-state index contributed by atoms with van der Waals surface area (Å²) in [7, 11) is 4.06. The average Bonchev–Trinajstić information content (AvgIpc) is 3.17. The Hall–Kier alpha value is -2.02. The zero-order chi connectivity index (χ0) is 21.7. The van der Waals surface area contributed by atoms with Crippen molar-refractivity contribution in [2.24, 2.45) is 0 Å². The van der Waals surface area contributed by atoms with Crippen molar-refractivity contribution in [3.8, 4) is 11.4 Å². The van der Waals surface area contributed by atoms with Gasteiger partial charge in [0.1, 0.15) is 5.69 Å². The van der Waals surface area contributed by atoms with Crippen LogP contribution >= 0.6 is 11.6 Å². The van der Waals surface area contributed by atoms with Gasteiger partial charge in [0.15, 0.2) is 5.82 Å². The molecule has 3 rings (SSSR count). The first-order valence-electron chi connectivity index (χ1n) is 10.7. The van der Waals surface area contributed by atoms with E-state index in [4.69, 9.17) is 11.6 Å². The molecule has 1 aliphatic rings. The molecule has 6 nitrogen and oxygen atoms in total. The van der Waals surface area contributed by atoms with Gasteiger partial charge in [-0.2, -0.15) is 0 Å². The second kappa shape index (κ2) is 10.3. The number of benzene rings is 1. The molecule has 0 N–H and O–H groups in total. The Bertz CT molecular complexity index is 855. The molecule has 1 saturated heterocycles. The van der Waals surface area contributed by atoms with Gasteiger partial charge in [-0.3, -0.25) is 9.69 Å². The average molecular weight is 430 g/mol. The fourth-order valence-electron chi connectivity index (χ4n) is 3.94. The Morgan fingerprint density at radius 2 is 1.93 bits per heavy atom. The molecule has 162 valence electrons. The van der Waals surface area contributed by atoms with Gasteiger partial charge in [-0.1, -0.05) is 18.5 Å². The maximum absolute atomic E-state index is 13.5. The predicted molar refractivity (Wildman–Crippen MR) is 122 cm³/mol. The summed E-state index contributed by atoms with van der Waals surface area (Å²) in [4.78, 5) is 29.2. The molecule has 1 fully saturated rings. The molecule has 1 amide bonds. The number of hydrogen-bond acceptors (Lipinski definition) is 5. The van der Waals surface area contributed by atoms with Crippen LogP contribution in [0.3, 0.4) is 0 Å². The SMILES string of the molecule is CCN1CCCC1CN(CCN(C)C)C(=O)c1cc(C)nc(-c2ccc(Cl)cc2)n1. The number of likely N-dealkylation sites (tertiary alicyclic amines) is 1. The number of rotatable bonds is 8. The number of likely N-dealkylation sites (N-methyl/N-ethyl adjacent to an activating group) is 2. The highest BCUT2D eigenvalue weighted by Gasteiger charge is 2.28. The quantitative estimate of drug-likeness (QED) is 0.641. The number of hydrogen-bond donors (Lipinski definition) is 0. The van der Waals surface area contributed by atoms with E-state index >= 15 is 0 Å². The maximum atomic E-state index is 13.5. The predicted octanol–water partition coefficient (Wildman–Crippen LogP) is 3.59. The Labute approximate surface area is 184 Å². The third kappa shape index (κ3) is 5.78. The summed E-state index contributed by atoms with van der Waals surface area (Å²) in [5.74, 6) is 0.527. The molecule has 1 atom stereocenters. The van der Waals surface area contributed by atoms with E-state index in [0.717, 1.165) is 43.9 Å². The number of carbonyl (C=O) groups is 1. The molecule has 0 spiro atoms. The molecule has 0 radical (unpaired) electrons. The van der Waals surface area contributed by atoms with Crippen LogP contribution in [0.2, 0.25) is 5.02 Å². The Kier molecular flexibility index (Phi) is 7.81. The van der Waals surface area contributed by atoms with Gasteiger partial charge in [0.25, 0.3) is 5.91 Å². The molecule has 0 bridgehead atoms. The first kappa shape index (κ1) is 22.7. The van der Waals surface area contributed by atoms with Crippen LogP contribution in [-0.2, 0) is 0 Å². The first-order valence-corrected chi connectivity index (χ1v) is 11.0. The summed E-state index contributed by atoms with van der Waals surface area (Å²) in [5.41, 5.74) is 2.08. The van der Waals surface area contributed by atoms with E-state index < -0.39 is 0 Å². The number of amides is 1. The van der Waals surface area contributed by atoms with Crippen molar-refractivity contribution in [2.45, 2.75) is 32.7 Å². The molecule has 1 aliphatic heterocycles. The van der Waals surface area contributed by atoms with Crippen LogP contribution in [0.5, 0.6) is 0 Å². The van der Waals surface area contributed by atoms with Crippen LogP contribution in [0.25, 0.3) is 11.4 Å². The Morgan fingerprint density at radius 3 is 2.60 bits per heavy atom. The van der Waals surface area contributed by atoms with Crippen LogP contribution in [-0.4, -0.2) is 83.4 Å². The van der Waals surface area contributed by atoms with Gasteiger partial charge in [-0.25, -0.2) is 9.97 Å². The van der Waals surface area contributed by atoms with Gasteiger partial charge in [-0.05, 0) is 77.3 Å². The number of aryl methyl sites for hydroxylation is 1. The number of carbonyl (C=O) groups excluding carboxylic acids is 1. The molecule has 30 heavy (non-hydrogen) atoms.